The third kappa shape index (κ3) is 3.30. The lowest BCUT2D eigenvalue weighted by Gasteiger charge is -2.33. The lowest BCUT2D eigenvalue weighted by atomic mass is 9.94. The molecule has 0 aliphatic carbocycles. The van der Waals surface area contributed by atoms with E-state index in [2.05, 4.69) is 0 Å². The molecule has 24 heavy (non-hydrogen) atoms. The molecule has 1 aliphatic rings. The summed E-state index contributed by atoms with van der Waals surface area (Å²) in [5.74, 6) is 1.92. The maximum Gasteiger partial charge on any atom is 0.303 e. The number of rotatable bonds is 4. The van der Waals surface area contributed by atoms with Crippen LogP contribution in [-0.2, 0) is 16.0 Å². The fourth-order valence-electron chi connectivity index (χ4n) is 2.87. The highest BCUT2D eigenvalue weighted by molar-refractivity contribution is 5.66. The number of hydrogen-bond donors (Lipinski definition) is 0. The summed E-state index contributed by atoms with van der Waals surface area (Å²) >= 11 is 0. The van der Waals surface area contributed by atoms with Gasteiger partial charge in [0.25, 0.3) is 0 Å². The number of esters is 1. The first kappa shape index (κ1) is 16.2. The van der Waals surface area contributed by atoms with Crippen LogP contribution in [0.1, 0.15) is 24.2 Å². The Morgan fingerprint density at radius 1 is 1.04 bits per heavy atom. The van der Waals surface area contributed by atoms with E-state index in [1.165, 1.54) is 6.92 Å². The molecule has 0 amide bonds. The summed E-state index contributed by atoms with van der Waals surface area (Å²) in [6.07, 6.45) is -0.161. The second kappa shape index (κ2) is 6.83. The number of fused-ring (bicyclic) bond motifs is 1. The van der Waals surface area contributed by atoms with E-state index < -0.39 is 0 Å². The van der Waals surface area contributed by atoms with Crippen LogP contribution < -0.4 is 14.2 Å². The van der Waals surface area contributed by atoms with E-state index in [0.29, 0.717) is 6.42 Å². The zero-order chi connectivity index (χ0) is 17.1. The number of hydrogen-bond acceptors (Lipinski definition) is 5. The Bertz CT molecular complexity index is 723. The topological polar surface area (TPSA) is 54.0 Å². The van der Waals surface area contributed by atoms with E-state index in [9.17, 15) is 4.79 Å². The van der Waals surface area contributed by atoms with Gasteiger partial charge in [-0.1, -0.05) is 18.2 Å². The summed E-state index contributed by atoms with van der Waals surface area (Å²) in [6, 6.07) is 13.2. The molecule has 0 unspecified atom stereocenters. The molecule has 0 saturated heterocycles. The van der Waals surface area contributed by atoms with Gasteiger partial charge < -0.3 is 18.9 Å². The molecule has 2 atom stereocenters. The summed E-state index contributed by atoms with van der Waals surface area (Å²) in [6.45, 7) is 1.41. The molecular weight excluding hydrogens is 308 g/mol. The first-order chi connectivity index (χ1) is 11.6. The van der Waals surface area contributed by atoms with Gasteiger partial charge in [0.05, 0.1) is 14.2 Å². The lowest BCUT2D eigenvalue weighted by molar-refractivity contribution is -0.152. The molecule has 0 N–H and O–H groups in total. The molecule has 0 aromatic heterocycles. The van der Waals surface area contributed by atoms with Crippen LogP contribution in [0, 0.1) is 0 Å². The van der Waals surface area contributed by atoms with Gasteiger partial charge in [-0.25, -0.2) is 0 Å². The number of carbonyl (C=O) groups is 1. The Morgan fingerprint density at radius 2 is 1.71 bits per heavy atom. The fourth-order valence-corrected chi connectivity index (χ4v) is 2.87. The highest BCUT2D eigenvalue weighted by Gasteiger charge is 2.34. The molecule has 5 heteroatoms. The van der Waals surface area contributed by atoms with Crippen molar-refractivity contribution in [3.63, 3.8) is 0 Å². The molecule has 5 nitrogen and oxygen atoms in total. The van der Waals surface area contributed by atoms with Gasteiger partial charge in [0, 0.05) is 19.4 Å². The van der Waals surface area contributed by atoms with Crippen molar-refractivity contribution in [1.82, 2.24) is 0 Å². The van der Waals surface area contributed by atoms with Crippen molar-refractivity contribution in [2.75, 3.05) is 14.2 Å². The maximum absolute atomic E-state index is 11.5. The largest absolute Gasteiger partial charge is 0.497 e. The molecule has 2 aromatic carbocycles. The van der Waals surface area contributed by atoms with Crippen LogP contribution >= 0.6 is 0 Å². The molecule has 126 valence electrons. The minimum atomic E-state index is -0.378. The Kier molecular flexibility index (Phi) is 4.60. The van der Waals surface area contributed by atoms with Gasteiger partial charge in [0.15, 0.2) is 6.10 Å². The molecule has 0 radical (unpaired) electrons. The third-order valence-corrected chi connectivity index (χ3v) is 4.05. The molecule has 0 saturated carbocycles. The van der Waals surface area contributed by atoms with Gasteiger partial charge in [-0.3, -0.25) is 4.79 Å². The Hall–Kier alpha value is -2.69. The highest BCUT2D eigenvalue weighted by Crippen LogP contribution is 2.38. The van der Waals surface area contributed by atoms with Crippen molar-refractivity contribution in [3.8, 4) is 17.2 Å². The molecular formula is C19H20O5. The van der Waals surface area contributed by atoms with Crippen LogP contribution in [0.4, 0.5) is 0 Å². The molecule has 2 aromatic rings. The summed E-state index contributed by atoms with van der Waals surface area (Å²) in [5, 5.41) is 0. The second-order valence-corrected chi connectivity index (χ2v) is 5.64. The van der Waals surface area contributed by atoms with E-state index in [4.69, 9.17) is 18.9 Å². The molecule has 1 heterocycles. The Morgan fingerprint density at radius 3 is 2.33 bits per heavy atom. The van der Waals surface area contributed by atoms with Crippen LogP contribution in [0.25, 0.3) is 0 Å². The summed E-state index contributed by atoms with van der Waals surface area (Å²) < 4.78 is 22.1. The fraction of sp³-hybridized carbons (Fsp3) is 0.316. The smallest absolute Gasteiger partial charge is 0.303 e. The summed E-state index contributed by atoms with van der Waals surface area (Å²) in [7, 11) is 3.24. The van der Waals surface area contributed by atoms with E-state index in [1.807, 2.05) is 42.5 Å². The monoisotopic (exact) mass is 328 g/mol. The van der Waals surface area contributed by atoms with Crippen molar-refractivity contribution in [3.05, 3.63) is 53.6 Å². The van der Waals surface area contributed by atoms with E-state index in [0.717, 1.165) is 28.4 Å². The number of carbonyl (C=O) groups excluding carboxylic acids is 1. The average molecular weight is 328 g/mol. The van der Waals surface area contributed by atoms with Crippen molar-refractivity contribution in [1.29, 1.82) is 0 Å². The van der Waals surface area contributed by atoms with Crippen LogP contribution in [0.5, 0.6) is 17.2 Å². The van der Waals surface area contributed by atoms with Gasteiger partial charge in [-0.15, -0.1) is 0 Å². The van der Waals surface area contributed by atoms with E-state index >= 15 is 0 Å². The van der Waals surface area contributed by atoms with Crippen LogP contribution in [0.2, 0.25) is 0 Å². The summed E-state index contributed by atoms with van der Waals surface area (Å²) in [5.41, 5.74) is 1.92. The van der Waals surface area contributed by atoms with Gasteiger partial charge in [-0.05, 0) is 29.3 Å². The Labute approximate surface area is 141 Å². The van der Waals surface area contributed by atoms with Crippen molar-refractivity contribution in [2.24, 2.45) is 0 Å². The lowest BCUT2D eigenvalue weighted by Crippen LogP contribution is -2.34. The number of benzene rings is 2. The minimum absolute atomic E-state index is 0.320. The molecule has 3 rings (SSSR count). The van der Waals surface area contributed by atoms with Crippen molar-refractivity contribution < 1.29 is 23.7 Å². The molecule has 0 bridgehead atoms. The molecule has 0 fully saturated rings. The van der Waals surface area contributed by atoms with E-state index in [-0.39, 0.29) is 18.2 Å². The van der Waals surface area contributed by atoms with Gasteiger partial charge >= 0.3 is 5.97 Å². The van der Waals surface area contributed by atoms with E-state index in [1.54, 1.807) is 14.2 Å². The van der Waals surface area contributed by atoms with Gasteiger partial charge in [0.2, 0.25) is 0 Å². The zero-order valence-corrected chi connectivity index (χ0v) is 13.9. The maximum atomic E-state index is 11.5. The van der Waals surface area contributed by atoms with Crippen molar-refractivity contribution >= 4 is 5.97 Å². The van der Waals surface area contributed by atoms with Crippen LogP contribution in [0.15, 0.2) is 42.5 Å². The molecule has 0 spiro atoms. The average Bonchev–Trinajstić information content (AvgIpc) is 2.60. The third-order valence-electron chi connectivity index (χ3n) is 4.05. The normalized spacial score (nSPS) is 19.0. The number of ether oxygens (including phenoxy) is 4. The minimum Gasteiger partial charge on any atom is -0.497 e. The number of methoxy groups -OCH3 is 2. The first-order valence-electron chi connectivity index (χ1n) is 7.75. The quantitative estimate of drug-likeness (QED) is 0.806. The highest BCUT2D eigenvalue weighted by atomic mass is 16.6. The predicted molar refractivity (Wildman–Crippen MR) is 88.6 cm³/mol. The van der Waals surface area contributed by atoms with Crippen LogP contribution in [0.3, 0.4) is 0 Å². The predicted octanol–water partition coefficient (Wildman–Crippen LogP) is 3.31. The standard InChI is InChI=1S/C19H20O5/c1-12(20)23-18-10-14-6-9-16(22-3)11-17(14)24-19(18)13-4-7-15(21-2)8-5-13/h4-9,11,18-19H,10H2,1-3H3/t18-,19-/m1/s1. The van der Waals surface area contributed by atoms with Crippen molar-refractivity contribution in [2.45, 2.75) is 25.6 Å². The second-order valence-electron chi connectivity index (χ2n) is 5.64. The first-order valence-corrected chi connectivity index (χ1v) is 7.75. The summed E-state index contributed by atoms with van der Waals surface area (Å²) in [4.78, 5) is 11.5. The molecule has 1 aliphatic heterocycles. The SMILES string of the molecule is COc1ccc([C@H]2Oc3cc(OC)ccc3C[C@H]2OC(C)=O)cc1. The van der Waals surface area contributed by atoms with Gasteiger partial charge in [-0.2, -0.15) is 0 Å². The Balaban J connectivity index is 1.94. The van der Waals surface area contributed by atoms with Crippen LogP contribution in [-0.4, -0.2) is 26.3 Å². The van der Waals surface area contributed by atoms with Gasteiger partial charge in [0.1, 0.15) is 23.4 Å². The zero-order valence-electron chi connectivity index (χ0n) is 13.9.